The summed E-state index contributed by atoms with van der Waals surface area (Å²) in [5, 5.41) is 0. The van der Waals surface area contributed by atoms with Crippen LogP contribution in [-0.2, 0) is 11.3 Å². The third kappa shape index (κ3) is 3.79. The fraction of sp³-hybridized carbons (Fsp3) is 0.571. The summed E-state index contributed by atoms with van der Waals surface area (Å²) in [7, 11) is 0. The summed E-state index contributed by atoms with van der Waals surface area (Å²) in [5.41, 5.74) is 0.788. The number of nitrogens with zero attached hydrogens (tertiary/aromatic N) is 1. The Morgan fingerprint density at radius 1 is 1.35 bits per heavy atom. The summed E-state index contributed by atoms with van der Waals surface area (Å²) in [6.07, 6.45) is 2.47. The maximum Gasteiger partial charge on any atom is 0.127 e. The zero-order chi connectivity index (χ0) is 12.1. The highest BCUT2D eigenvalue weighted by atomic mass is 19.1. The van der Waals surface area contributed by atoms with Gasteiger partial charge in [0, 0.05) is 31.3 Å². The van der Waals surface area contributed by atoms with E-state index in [9.17, 15) is 4.39 Å². The van der Waals surface area contributed by atoms with E-state index in [1.807, 2.05) is 19.1 Å². The molecule has 0 aliphatic heterocycles. The fourth-order valence-electron chi connectivity index (χ4n) is 2.00. The topological polar surface area (TPSA) is 12.5 Å². The minimum atomic E-state index is -0.102. The van der Waals surface area contributed by atoms with E-state index in [4.69, 9.17) is 4.74 Å². The first-order valence-electron chi connectivity index (χ1n) is 6.36. The predicted molar refractivity (Wildman–Crippen MR) is 66.3 cm³/mol. The van der Waals surface area contributed by atoms with Gasteiger partial charge < -0.3 is 4.74 Å². The highest BCUT2D eigenvalue weighted by Gasteiger charge is 2.28. The molecule has 17 heavy (non-hydrogen) atoms. The summed E-state index contributed by atoms with van der Waals surface area (Å²) >= 11 is 0. The first kappa shape index (κ1) is 12.5. The number of halogens is 1. The molecule has 0 radical (unpaired) electrons. The highest BCUT2D eigenvalue weighted by molar-refractivity contribution is 5.17. The Labute approximate surface area is 102 Å². The molecule has 94 valence electrons. The Morgan fingerprint density at radius 3 is 2.76 bits per heavy atom. The largest absolute Gasteiger partial charge is 0.380 e. The summed E-state index contributed by atoms with van der Waals surface area (Å²) in [5.74, 6) is -0.102. The third-order valence-electron chi connectivity index (χ3n) is 3.12. The van der Waals surface area contributed by atoms with Gasteiger partial charge in [-0.2, -0.15) is 0 Å². The fourth-order valence-corrected chi connectivity index (χ4v) is 2.00. The van der Waals surface area contributed by atoms with Gasteiger partial charge in [-0.05, 0) is 25.8 Å². The zero-order valence-electron chi connectivity index (χ0n) is 10.4. The van der Waals surface area contributed by atoms with Crippen LogP contribution in [0.2, 0.25) is 0 Å². The maximum absolute atomic E-state index is 13.6. The Hall–Kier alpha value is -0.930. The van der Waals surface area contributed by atoms with Crippen molar-refractivity contribution in [1.82, 2.24) is 4.90 Å². The molecule has 1 fully saturated rings. The van der Waals surface area contributed by atoms with Crippen LogP contribution in [0.25, 0.3) is 0 Å². The van der Waals surface area contributed by atoms with E-state index < -0.39 is 0 Å². The van der Waals surface area contributed by atoms with Gasteiger partial charge in [0.15, 0.2) is 0 Å². The van der Waals surface area contributed by atoms with E-state index in [0.717, 1.165) is 25.3 Å². The monoisotopic (exact) mass is 237 g/mol. The lowest BCUT2D eigenvalue weighted by Gasteiger charge is -2.22. The predicted octanol–water partition coefficient (Wildman–Crippen LogP) is 2.83. The molecule has 1 saturated carbocycles. The second kappa shape index (κ2) is 6.12. The lowest BCUT2D eigenvalue weighted by atomic mass is 10.2. The molecule has 0 atom stereocenters. The standard InChI is InChI=1S/C14H20FNO/c1-2-17-10-9-16(13-7-8-13)11-12-5-3-4-6-14(12)15/h3-6,13H,2,7-11H2,1H3. The molecule has 2 nitrogen and oxygen atoms in total. The zero-order valence-corrected chi connectivity index (χ0v) is 10.4. The van der Waals surface area contributed by atoms with Crippen molar-refractivity contribution in [2.24, 2.45) is 0 Å². The molecule has 0 bridgehead atoms. The normalized spacial score (nSPS) is 15.5. The molecule has 0 N–H and O–H groups in total. The second-order valence-corrected chi connectivity index (χ2v) is 4.49. The van der Waals surface area contributed by atoms with Gasteiger partial charge >= 0.3 is 0 Å². The number of rotatable bonds is 7. The first-order valence-corrected chi connectivity index (χ1v) is 6.36. The average Bonchev–Trinajstić information content (AvgIpc) is 3.15. The van der Waals surface area contributed by atoms with Crippen LogP contribution in [0.15, 0.2) is 24.3 Å². The van der Waals surface area contributed by atoms with Gasteiger partial charge in [0.25, 0.3) is 0 Å². The van der Waals surface area contributed by atoms with Gasteiger partial charge in [-0.15, -0.1) is 0 Å². The van der Waals surface area contributed by atoms with E-state index in [2.05, 4.69) is 4.90 Å². The van der Waals surface area contributed by atoms with Crippen LogP contribution < -0.4 is 0 Å². The van der Waals surface area contributed by atoms with E-state index in [0.29, 0.717) is 12.6 Å². The Kier molecular flexibility index (Phi) is 4.51. The molecular weight excluding hydrogens is 217 g/mol. The molecular formula is C14H20FNO. The molecule has 1 aromatic carbocycles. The number of hydrogen-bond acceptors (Lipinski definition) is 2. The van der Waals surface area contributed by atoms with Crippen LogP contribution in [0, 0.1) is 5.82 Å². The molecule has 0 spiro atoms. The lowest BCUT2D eigenvalue weighted by molar-refractivity contribution is 0.107. The van der Waals surface area contributed by atoms with Gasteiger partial charge in [-0.25, -0.2) is 4.39 Å². The minimum Gasteiger partial charge on any atom is -0.380 e. The van der Waals surface area contributed by atoms with E-state index in [1.54, 1.807) is 6.07 Å². The molecule has 2 rings (SSSR count). The number of hydrogen-bond donors (Lipinski definition) is 0. The van der Waals surface area contributed by atoms with E-state index >= 15 is 0 Å². The average molecular weight is 237 g/mol. The Morgan fingerprint density at radius 2 is 2.12 bits per heavy atom. The van der Waals surface area contributed by atoms with Gasteiger partial charge in [0.2, 0.25) is 0 Å². The third-order valence-corrected chi connectivity index (χ3v) is 3.12. The van der Waals surface area contributed by atoms with Crippen molar-refractivity contribution in [2.75, 3.05) is 19.8 Å². The van der Waals surface area contributed by atoms with Crippen molar-refractivity contribution in [2.45, 2.75) is 32.4 Å². The molecule has 1 aliphatic rings. The SMILES string of the molecule is CCOCCN(Cc1ccccc1F)C1CC1. The smallest absolute Gasteiger partial charge is 0.127 e. The van der Waals surface area contributed by atoms with Gasteiger partial charge in [0.1, 0.15) is 5.82 Å². The minimum absolute atomic E-state index is 0.102. The molecule has 1 aliphatic carbocycles. The molecule has 1 aromatic rings. The van der Waals surface area contributed by atoms with Crippen molar-refractivity contribution in [1.29, 1.82) is 0 Å². The number of ether oxygens (including phenoxy) is 1. The maximum atomic E-state index is 13.6. The molecule has 0 saturated heterocycles. The molecule has 0 heterocycles. The molecule has 0 aromatic heterocycles. The van der Waals surface area contributed by atoms with Gasteiger partial charge in [-0.3, -0.25) is 4.90 Å². The van der Waals surface area contributed by atoms with E-state index in [1.165, 1.54) is 18.9 Å². The Balaban J connectivity index is 1.91. The highest BCUT2D eigenvalue weighted by Crippen LogP contribution is 2.28. The van der Waals surface area contributed by atoms with Crippen LogP contribution in [0.1, 0.15) is 25.3 Å². The van der Waals surface area contributed by atoms with Crippen LogP contribution in [-0.4, -0.2) is 30.7 Å². The Bertz CT molecular complexity index is 352. The van der Waals surface area contributed by atoms with Crippen molar-refractivity contribution in [3.05, 3.63) is 35.6 Å². The quantitative estimate of drug-likeness (QED) is 0.676. The second-order valence-electron chi connectivity index (χ2n) is 4.49. The summed E-state index contributed by atoms with van der Waals surface area (Å²) < 4.78 is 18.9. The van der Waals surface area contributed by atoms with Crippen molar-refractivity contribution < 1.29 is 9.13 Å². The van der Waals surface area contributed by atoms with Crippen LogP contribution in [0.3, 0.4) is 0 Å². The van der Waals surface area contributed by atoms with Crippen LogP contribution in [0.5, 0.6) is 0 Å². The number of benzene rings is 1. The molecule has 0 amide bonds. The van der Waals surface area contributed by atoms with E-state index in [-0.39, 0.29) is 5.82 Å². The van der Waals surface area contributed by atoms with Crippen LogP contribution in [0.4, 0.5) is 4.39 Å². The lowest BCUT2D eigenvalue weighted by Crippen LogP contribution is -2.29. The van der Waals surface area contributed by atoms with Crippen molar-refractivity contribution >= 4 is 0 Å². The summed E-state index contributed by atoms with van der Waals surface area (Å²) in [6, 6.07) is 7.66. The van der Waals surface area contributed by atoms with Gasteiger partial charge in [-0.1, -0.05) is 18.2 Å². The first-order chi connectivity index (χ1) is 8.31. The summed E-state index contributed by atoms with van der Waals surface area (Å²) in [6.45, 7) is 5.08. The van der Waals surface area contributed by atoms with Gasteiger partial charge in [0.05, 0.1) is 6.61 Å². The van der Waals surface area contributed by atoms with Crippen LogP contribution >= 0.6 is 0 Å². The van der Waals surface area contributed by atoms with Crippen molar-refractivity contribution in [3.63, 3.8) is 0 Å². The molecule has 3 heteroatoms. The van der Waals surface area contributed by atoms with Crippen molar-refractivity contribution in [3.8, 4) is 0 Å². The summed E-state index contributed by atoms with van der Waals surface area (Å²) in [4.78, 5) is 2.33. The molecule has 0 unspecified atom stereocenters.